The SMILES string of the molecule is CN1I=C(/C=C2/N(C)c3ccccc3C23CCCC3)C2(CCCC2)c2ccccc21. The normalized spacial score (nSPS) is 24.9. The van der Waals surface area contributed by atoms with Crippen molar-refractivity contribution in [2.24, 2.45) is 0 Å². The van der Waals surface area contributed by atoms with Crippen molar-refractivity contribution in [2.75, 3.05) is 22.1 Å². The summed E-state index contributed by atoms with van der Waals surface area (Å²) in [7, 11) is 4.64. The zero-order chi connectivity index (χ0) is 20.3. The van der Waals surface area contributed by atoms with Gasteiger partial charge in [0.05, 0.1) is 0 Å². The molecule has 30 heavy (non-hydrogen) atoms. The molecule has 2 heterocycles. The van der Waals surface area contributed by atoms with Gasteiger partial charge < -0.3 is 8.01 Å². The molecule has 2 aliphatic heterocycles. The minimum Gasteiger partial charge on any atom is -0.347 e. The van der Waals surface area contributed by atoms with Crippen molar-refractivity contribution in [1.82, 2.24) is 0 Å². The van der Waals surface area contributed by atoms with Crippen molar-refractivity contribution in [2.45, 2.75) is 62.2 Å². The van der Waals surface area contributed by atoms with Crippen LogP contribution in [0.25, 0.3) is 0 Å². The highest BCUT2D eigenvalue weighted by atomic mass is 127. The molecular formula is C27H31IN2. The first-order chi connectivity index (χ1) is 14.7. The van der Waals surface area contributed by atoms with Gasteiger partial charge in [-0.3, -0.25) is 0 Å². The predicted octanol–water partition coefficient (Wildman–Crippen LogP) is 6.85. The van der Waals surface area contributed by atoms with Crippen LogP contribution in [0.3, 0.4) is 0 Å². The number of fused-ring (bicyclic) bond motifs is 4. The molecule has 2 aromatic rings. The van der Waals surface area contributed by atoms with Crippen LogP contribution in [-0.4, -0.2) is 17.6 Å². The van der Waals surface area contributed by atoms with Crippen LogP contribution in [0.1, 0.15) is 62.5 Å². The maximum absolute atomic E-state index is 2.72. The topological polar surface area (TPSA) is 6.48 Å². The Balaban J connectivity index is 1.54. The zero-order valence-electron chi connectivity index (χ0n) is 18.1. The van der Waals surface area contributed by atoms with E-state index >= 15 is 0 Å². The van der Waals surface area contributed by atoms with Crippen LogP contribution in [-0.2, 0) is 10.8 Å². The van der Waals surface area contributed by atoms with Crippen LogP contribution in [0.2, 0.25) is 0 Å². The van der Waals surface area contributed by atoms with Gasteiger partial charge in [-0.05, 0) is 55.0 Å². The minimum absolute atomic E-state index is 0.165. The molecule has 2 aromatic carbocycles. The van der Waals surface area contributed by atoms with Crippen molar-refractivity contribution < 1.29 is 0 Å². The first kappa shape index (κ1) is 19.1. The number of likely N-dealkylation sites (N-methyl/N-ethyl adjacent to an activating group) is 1. The Hall–Kier alpha value is -1.62. The molecule has 0 radical (unpaired) electrons. The van der Waals surface area contributed by atoms with E-state index in [9.17, 15) is 0 Å². The maximum atomic E-state index is 2.72. The number of anilines is 2. The lowest BCUT2D eigenvalue weighted by atomic mass is 9.73. The van der Waals surface area contributed by atoms with Gasteiger partial charge in [-0.15, -0.1) is 0 Å². The van der Waals surface area contributed by atoms with Gasteiger partial charge in [0, 0.05) is 66.5 Å². The lowest BCUT2D eigenvalue weighted by molar-refractivity contribution is 0.535. The molecule has 0 unspecified atom stereocenters. The highest BCUT2D eigenvalue weighted by molar-refractivity contribution is 14.2. The lowest BCUT2D eigenvalue weighted by Crippen LogP contribution is -2.37. The summed E-state index contributed by atoms with van der Waals surface area (Å²) in [5.74, 6) is 0. The number of para-hydroxylation sites is 2. The number of benzene rings is 2. The molecule has 3 heteroatoms. The van der Waals surface area contributed by atoms with E-state index in [1.54, 1.807) is 20.3 Å². The van der Waals surface area contributed by atoms with Crippen LogP contribution in [0, 0.1) is 0 Å². The molecule has 2 spiro atoms. The standard InChI is InChI=1S/C27H31IN2/c1-29-22-13-5-3-11-20(22)27(17-9-10-18-27)25(29)19-24-26(15-7-8-16-26)21-12-4-6-14-23(21)30(2)28-24/h3-6,11-14,19H,7-10,15-18H2,1-2H3/b25-19+. The second kappa shape index (κ2) is 6.94. The van der Waals surface area contributed by atoms with Crippen LogP contribution in [0.15, 0.2) is 60.3 Å². The van der Waals surface area contributed by atoms with Crippen molar-refractivity contribution >= 4 is 35.9 Å². The molecule has 0 atom stereocenters. The fraction of sp³-hybridized carbons (Fsp3) is 0.444. The number of hydrogen-bond donors (Lipinski definition) is 0. The molecule has 0 saturated heterocycles. The predicted molar refractivity (Wildman–Crippen MR) is 137 cm³/mol. The molecule has 0 aromatic heterocycles. The molecule has 2 aliphatic carbocycles. The third-order valence-electron chi connectivity index (χ3n) is 8.24. The van der Waals surface area contributed by atoms with Gasteiger partial charge in [0.1, 0.15) is 0 Å². The van der Waals surface area contributed by atoms with E-state index in [1.165, 1.54) is 62.7 Å². The average Bonchev–Trinajstić information content (AvgIpc) is 3.50. The Morgan fingerprint density at radius 2 is 1.27 bits per heavy atom. The van der Waals surface area contributed by atoms with Gasteiger partial charge >= 0.3 is 0 Å². The number of halogens is 1. The summed E-state index contributed by atoms with van der Waals surface area (Å²) in [4.78, 5) is 2.54. The van der Waals surface area contributed by atoms with Crippen molar-refractivity contribution in [1.29, 1.82) is 0 Å². The molecule has 2 nitrogen and oxygen atoms in total. The van der Waals surface area contributed by atoms with E-state index in [-0.39, 0.29) is 26.4 Å². The summed E-state index contributed by atoms with van der Waals surface area (Å²) in [5.41, 5.74) is 8.25. The first-order valence-corrected chi connectivity index (χ1v) is 13.6. The Morgan fingerprint density at radius 1 is 0.733 bits per heavy atom. The Kier molecular flexibility index (Phi) is 4.42. The fourth-order valence-corrected chi connectivity index (χ4v) is 9.99. The van der Waals surface area contributed by atoms with Crippen LogP contribution in [0.4, 0.5) is 11.4 Å². The third-order valence-corrected chi connectivity index (χ3v) is 11.3. The van der Waals surface area contributed by atoms with E-state index in [0.717, 1.165) is 0 Å². The summed E-state index contributed by atoms with van der Waals surface area (Å²) in [5, 5.41) is 0. The fourth-order valence-electron chi connectivity index (χ4n) is 6.81. The highest BCUT2D eigenvalue weighted by Gasteiger charge is 2.49. The highest BCUT2D eigenvalue weighted by Crippen LogP contribution is 2.57. The molecule has 2 saturated carbocycles. The lowest BCUT2D eigenvalue weighted by Gasteiger charge is -2.40. The summed E-state index contributed by atoms with van der Waals surface area (Å²) < 4.78 is 4.36. The van der Waals surface area contributed by atoms with E-state index in [0.29, 0.717) is 5.41 Å². The first-order valence-electron chi connectivity index (χ1n) is 11.6. The smallest absolute Gasteiger partial charge is 0.0491 e. The summed E-state index contributed by atoms with van der Waals surface area (Å²) in [6, 6.07) is 18.5. The minimum atomic E-state index is -0.165. The monoisotopic (exact) mass is 510 g/mol. The van der Waals surface area contributed by atoms with Gasteiger partial charge in [0.25, 0.3) is 0 Å². The van der Waals surface area contributed by atoms with Gasteiger partial charge in [-0.2, -0.15) is 0 Å². The summed E-state index contributed by atoms with van der Waals surface area (Å²) in [6.07, 6.45) is 13.5. The van der Waals surface area contributed by atoms with Crippen molar-refractivity contribution in [3.05, 3.63) is 71.4 Å². The van der Waals surface area contributed by atoms with E-state index in [2.05, 4.69) is 76.7 Å². The Labute approximate surface area is 191 Å². The molecule has 0 N–H and O–H groups in total. The molecular weight excluding hydrogens is 479 g/mol. The second-order valence-corrected chi connectivity index (χ2v) is 12.7. The largest absolute Gasteiger partial charge is 0.347 e. The maximum Gasteiger partial charge on any atom is 0.0491 e. The number of rotatable bonds is 1. The van der Waals surface area contributed by atoms with Gasteiger partial charge in [-0.25, -0.2) is 0 Å². The summed E-state index contributed by atoms with van der Waals surface area (Å²) in [6.45, 7) is 0. The van der Waals surface area contributed by atoms with E-state index in [1.807, 2.05) is 0 Å². The Morgan fingerprint density at radius 3 is 1.93 bits per heavy atom. The molecule has 2 fully saturated rings. The van der Waals surface area contributed by atoms with Crippen LogP contribution < -0.4 is 8.01 Å². The summed E-state index contributed by atoms with van der Waals surface area (Å²) >= 11 is -0.165. The van der Waals surface area contributed by atoms with Crippen molar-refractivity contribution in [3.8, 4) is 0 Å². The second-order valence-electron chi connectivity index (χ2n) is 9.61. The van der Waals surface area contributed by atoms with Crippen LogP contribution in [0.5, 0.6) is 0 Å². The van der Waals surface area contributed by atoms with E-state index in [4.69, 9.17) is 0 Å². The zero-order valence-corrected chi connectivity index (χ0v) is 20.3. The molecule has 6 rings (SSSR count). The molecule has 156 valence electrons. The Bertz CT molecular complexity index is 1050. The third kappa shape index (κ3) is 2.50. The average molecular weight is 510 g/mol. The van der Waals surface area contributed by atoms with Gasteiger partial charge in [0.15, 0.2) is 0 Å². The van der Waals surface area contributed by atoms with E-state index < -0.39 is 0 Å². The van der Waals surface area contributed by atoms with Crippen molar-refractivity contribution in [3.63, 3.8) is 0 Å². The molecule has 4 aliphatic rings. The molecule has 0 amide bonds. The number of allylic oxidation sites excluding steroid dienone is 2. The van der Waals surface area contributed by atoms with Gasteiger partial charge in [-0.1, -0.05) is 62.1 Å². The van der Waals surface area contributed by atoms with Crippen LogP contribution >= 0.6 is 21.0 Å². The number of hydrogen-bond acceptors (Lipinski definition) is 2. The van der Waals surface area contributed by atoms with Gasteiger partial charge in [0.2, 0.25) is 0 Å². The quantitative estimate of drug-likeness (QED) is 0.306. The number of nitrogens with zero attached hydrogens (tertiary/aromatic N) is 2. The molecule has 0 bridgehead atoms.